The molecule has 5 aromatic rings. The summed E-state index contributed by atoms with van der Waals surface area (Å²) in [6, 6.07) is 19.4. The van der Waals surface area contributed by atoms with E-state index >= 15 is 0 Å². The van der Waals surface area contributed by atoms with Crippen molar-refractivity contribution in [2.24, 2.45) is 0 Å². The van der Waals surface area contributed by atoms with Crippen molar-refractivity contribution in [2.45, 2.75) is 6.42 Å². The second-order valence-corrected chi connectivity index (χ2v) is 8.92. The van der Waals surface area contributed by atoms with Crippen molar-refractivity contribution in [1.82, 2.24) is 9.38 Å². The molecule has 180 valence electrons. The van der Waals surface area contributed by atoms with E-state index < -0.39 is 4.92 Å². The Morgan fingerprint density at radius 2 is 1.78 bits per heavy atom. The maximum atomic E-state index is 13.1. The molecule has 0 fully saturated rings. The van der Waals surface area contributed by atoms with Crippen molar-refractivity contribution in [2.75, 3.05) is 13.2 Å². The van der Waals surface area contributed by atoms with Crippen molar-refractivity contribution in [1.29, 1.82) is 0 Å². The number of aromatic nitrogens is 2. The number of imidazole rings is 1. The average molecular weight is 500 g/mol. The first-order chi connectivity index (χ1) is 17.5. The van der Waals surface area contributed by atoms with E-state index in [4.69, 9.17) is 9.47 Å². The molecule has 0 aliphatic heterocycles. The number of nitro groups is 1. The molecule has 0 aliphatic rings. The van der Waals surface area contributed by atoms with Gasteiger partial charge in [0.1, 0.15) is 24.7 Å². The molecule has 0 saturated heterocycles. The van der Waals surface area contributed by atoms with Gasteiger partial charge >= 0.3 is 0 Å². The van der Waals surface area contributed by atoms with Gasteiger partial charge in [-0.2, -0.15) is 0 Å². The van der Waals surface area contributed by atoms with Crippen LogP contribution in [0.2, 0.25) is 0 Å². The summed E-state index contributed by atoms with van der Waals surface area (Å²) in [5, 5.41) is 11.4. The molecule has 5 rings (SSSR count). The zero-order chi connectivity index (χ0) is 25.1. The first kappa shape index (κ1) is 23.3. The van der Waals surface area contributed by atoms with Crippen LogP contribution in [0.1, 0.15) is 11.1 Å². The number of ether oxygens (including phenoxy) is 2. The molecule has 0 atom stereocenters. The fourth-order valence-corrected chi connectivity index (χ4v) is 4.90. The number of fused-ring (bicyclic) bond motifs is 3. The van der Waals surface area contributed by atoms with E-state index in [1.807, 2.05) is 54.6 Å². The van der Waals surface area contributed by atoms with Gasteiger partial charge in [-0.05, 0) is 42.3 Å². The third-order valence-corrected chi connectivity index (χ3v) is 6.54. The Kier molecular flexibility index (Phi) is 6.46. The SMILES string of the molecule is C=CCc1ccccc1OCCOc1ccc([N+](=O)[O-])cc1/C=c1\sc2nc3ccccc3n2c1=O. The van der Waals surface area contributed by atoms with Gasteiger partial charge in [-0.25, -0.2) is 9.38 Å². The van der Waals surface area contributed by atoms with Crippen LogP contribution in [0.3, 0.4) is 0 Å². The van der Waals surface area contributed by atoms with Gasteiger partial charge in [0.15, 0.2) is 4.96 Å². The molecule has 0 aliphatic carbocycles. The highest BCUT2D eigenvalue weighted by molar-refractivity contribution is 7.15. The van der Waals surface area contributed by atoms with Crippen molar-refractivity contribution in [3.63, 3.8) is 0 Å². The van der Waals surface area contributed by atoms with Crippen molar-refractivity contribution >= 4 is 39.1 Å². The van der Waals surface area contributed by atoms with Crippen LogP contribution in [-0.4, -0.2) is 27.5 Å². The van der Waals surface area contributed by atoms with Gasteiger partial charge in [0.05, 0.1) is 20.5 Å². The van der Waals surface area contributed by atoms with E-state index in [2.05, 4.69) is 11.6 Å². The first-order valence-corrected chi connectivity index (χ1v) is 12.0. The zero-order valence-corrected chi connectivity index (χ0v) is 19.9. The van der Waals surface area contributed by atoms with Crippen LogP contribution in [0.15, 0.2) is 84.2 Å². The molecule has 0 spiro atoms. The summed E-state index contributed by atoms with van der Waals surface area (Å²) < 4.78 is 13.7. The fourth-order valence-electron chi connectivity index (χ4n) is 3.92. The number of allylic oxidation sites excluding steroid dienone is 1. The number of para-hydroxylation sites is 3. The molecule has 0 unspecified atom stereocenters. The molecule has 2 aromatic heterocycles. The monoisotopic (exact) mass is 499 g/mol. The molecule has 0 saturated carbocycles. The number of hydrogen-bond donors (Lipinski definition) is 0. The van der Waals surface area contributed by atoms with Crippen LogP contribution in [0.4, 0.5) is 5.69 Å². The molecule has 2 heterocycles. The molecule has 0 bridgehead atoms. The van der Waals surface area contributed by atoms with Crippen LogP contribution in [-0.2, 0) is 6.42 Å². The Labute approximate surface area is 209 Å². The lowest BCUT2D eigenvalue weighted by Gasteiger charge is -2.12. The highest BCUT2D eigenvalue weighted by Crippen LogP contribution is 2.26. The quantitative estimate of drug-likeness (QED) is 0.128. The number of thiazole rings is 1. The summed E-state index contributed by atoms with van der Waals surface area (Å²) in [5.74, 6) is 1.17. The van der Waals surface area contributed by atoms with Crippen LogP contribution < -0.4 is 19.6 Å². The van der Waals surface area contributed by atoms with E-state index in [0.29, 0.717) is 27.2 Å². The molecule has 9 heteroatoms. The Morgan fingerprint density at radius 1 is 1.03 bits per heavy atom. The molecular weight excluding hydrogens is 478 g/mol. The average Bonchev–Trinajstić information content (AvgIpc) is 3.39. The van der Waals surface area contributed by atoms with Gasteiger partial charge in [0.25, 0.3) is 11.2 Å². The van der Waals surface area contributed by atoms with Crippen LogP contribution in [0.5, 0.6) is 11.5 Å². The number of nitrogens with zero attached hydrogens (tertiary/aromatic N) is 3. The second-order valence-electron chi connectivity index (χ2n) is 7.91. The van der Waals surface area contributed by atoms with Gasteiger partial charge in [0.2, 0.25) is 0 Å². The fraction of sp³-hybridized carbons (Fsp3) is 0.111. The zero-order valence-electron chi connectivity index (χ0n) is 19.1. The van der Waals surface area contributed by atoms with Gasteiger partial charge < -0.3 is 9.47 Å². The minimum Gasteiger partial charge on any atom is -0.490 e. The normalized spacial score (nSPS) is 11.7. The Hall–Kier alpha value is -4.50. The van der Waals surface area contributed by atoms with Crippen molar-refractivity contribution < 1.29 is 14.4 Å². The van der Waals surface area contributed by atoms with Gasteiger partial charge in [0, 0.05) is 17.7 Å². The largest absolute Gasteiger partial charge is 0.490 e. The lowest BCUT2D eigenvalue weighted by molar-refractivity contribution is -0.384. The number of nitro benzene ring substituents is 1. The van der Waals surface area contributed by atoms with Gasteiger partial charge in [-0.15, -0.1) is 6.58 Å². The smallest absolute Gasteiger partial charge is 0.274 e. The Balaban J connectivity index is 1.43. The van der Waals surface area contributed by atoms with Crippen LogP contribution >= 0.6 is 11.3 Å². The standard InChI is InChI=1S/C27H21N3O5S/c1-2-7-18-8-3-6-11-23(18)34-14-15-35-24-13-12-20(30(32)33)16-19(24)17-25-26(31)29-22-10-5-4-9-21(22)28-27(29)36-25/h2-6,8-13,16-17H,1,7,14-15H2/b25-17-. The number of rotatable bonds is 9. The number of benzene rings is 3. The molecule has 0 amide bonds. The highest BCUT2D eigenvalue weighted by atomic mass is 32.1. The third-order valence-electron chi connectivity index (χ3n) is 5.57. The summed E-state index contributed by atoms with van der Waals surface area (Å²) >= 11 is 1.22. The van der Waals surface area contributed by atoms with Crippen molar-refractivity contribution in [3.05, 3.63) is 116 Å². The minimum absolute atomic E-state index is 0.0950. The highest BCUT2D eigenvalue weighted by Gasteiger charge is 2.14. The number of non-ortho nitro benzene ring substituents is 1. The van der Waals surface area contributed by atoms with Crippen LogP contribution in [0, 0.1) is 10.1 Å². The Morgan fingerprint density at radius 3 is 2.58 bits per heavy atom. The molecule has 0 radical (unpaired) electrons. The van der Waals surface area contributed by atoms with E-state index in [-0.39, 0.29) is 24.5 Å². The predicted octanol–water partition coefficient (Wildman–Crippen LogP) is 4.55. The molecule has 3 aromatic carbocycles. The maximum Gasteiger partial charge on any atom is 0.274 e. The summed E-state index contributed by atoms with van der Waals surface area (Å²) in [5.41, 5.74) is 2.59. The molecule has 8 nitrogen and oxygen atoms in total. The minimum atomic E-state index is -0.479. The molecular formula is C27H21N3O5S. The third kappa shape index (κ3) is 4.56. The molecule has 36 heavy (non-hydrogen) atoms. The Bertz CT molecular complexity index is 1710. The van der Waals surface area contributed by atoms with E-state index in [9.17, 15) is 14.9 Å². The maximum absolute atomic E-state index is 13.1. The van der Waals surface area contributed by atoms with Crippen molar-refractivity contribution in [3.8, 4) is 11.5 Å². The topological polar surface area (TPSA) is 96.0 Å². The lowest BCUT2D eigenvalue weighted by Crippen LogP contribution is -2.22. The predicted molar refractivity (Wildman–Crippen MR) is 140 cm³/mol. The second kappa shape index (κ2) is 10.0. The number of hydrogen-bond acceptors (Lipinski definition) is 7. The lowest BCUT2D eigenvalue weighted by atomic mass is 10.1. The van der Waals surface area contributed by atoms with E-state index in [1.165, 1.54) is 29.5 Å². The van der Waals surface area contributed by atoms with Crippen LogP contribution in [0.25, 0.3) is 22.1 Å². The van der Waals surface area contributed by atoms with Gasteiger partial charge in [-0.1, -0.05) is 47.7 Å². The summed E-state index contributed by atoms with van der Waals surface area (Å²) in [6.07, 6.45) is 4.11. The van der Waals surface area contributed by atoms with E-state index in [0.717, 1.165) is 22.3 Å². The molecule has 0 N–H and O–H groups in total. The van der Waals surface area contributed by atoms with Gasteiger partial charge in [-0.3, -0.25) is 14.9 Å². The van der Waals surface area contributed by atoms with E-state index in [1.54, 1.807) is 10.5 Å². The summed E-state index contributed by atoms with van der Waals surface area (Å²) in [7, 11) is 0. The summed E-state index contributed by atoms with van der Waals surface area (Å²) in [6.45, 7) is 4.26. The first-order valence-electron chi connectivity index (χ1n) is 11.2. The summed E-state index contributed by atoms with van der Waals surface area (Å²) in [4.78, 5) is 29.1.